The Balaban J connectivity index is 4.86. The highest BCUT2D eigenvalue weighted by Crippen LogP contribution is 2.48. The molecule has 0 aliphatic rings. The quantitative estimate of drug-likeness (QED) is 0.697. The van der Waals surface area contributed by atoms with E-state index < -0.39 is 22.3 Å². The van der Waals surface area contributed by atoms with Crippen LogP contribution in [0, 0.1) is 0 Å². The molecule has 5 nitrogen and oxygen atoms in total. The van der Waals surface area contributed by atoms with Crippen LogP contribution >= 0.6 is 6.64 Å². The van der Waals surface area contributed by atoms with Gasteiger partial charge in [-0.3, -0.25) is 0 Å². The van der Waals surface area contributed by atoms with Gasteiger partial charge in [0.2, 0.25) is 10.0 Å². The van der Waals surface area contributed by atoms with E-state index in [1.54, 1.807) is 6.92 Å². The van der Waals surface area contributed by atoms with Crippen molar-refractivity contribution in [1.82, 2.24) is 4.49 Å². The fourth-order valence-electron chi connectivity index (χ4n) is 1.15. The monoisotopic (exact) mass is 317 g/mol. The van der Waals surface area contributed by atoms with Crippen molar-refractivity contribution < 1.29 is 17.5 Å². The van der Waals surface area contributed by atoms with E-state index in [4.69, 9.17) is 20.9 Å². The number of unbranched alkanes of at least 4 members (excludes halogenated alkanes) is 1. The number of hydrogen-bond donors (Lipinski definition) is 1. The Morgan fingerprint density at radius 2 is 1.83 bits per heavy atom. The van der Waals surface area contributed by atoms with Gasteiger partial charge in [0.05, 0.1) is 18.0 Å². The summed E-state index contributed by atoms with van der Waals surface area (Å²) in [6.07, 6.45) is 1.39. The molecule has 0 aromatic heterocycles. The van der Waals surface area contributed by atoms with E-state index in [9.17, 15) is 8.42 Å². The molecule has 0 aromatic rings. The van der Waals surface area contributed by atoms with Crippen LogP contribution in [0.15, 0.2) is 0 Å². The maximum Gasteiger partial charge on any atom is 0.275 e. The molecule has 18 heavy (non-hydrogen) atoms. The molecule has 0 bridgehead atoms. The zero-order valence-corrected chi connectivity index (χ0v) is 14.3. The third-order valence-electron chi connectivity index (χ3n) is 1.71. The molecule has 0 aliphatic heterocycles. The van der Waals surface area contributed by atoms with Crippen molar-refractivity contribution in [3.63, 3.8) is 0 Å². The third kappa shape index (κ3) is 8.56. The second-order valence-electron chi connectivity index (χ2n) is 4.88. The summed E-state index contributed by atoms with van der Waals surface area (Å²) in [5.41, 5.74) is -0.558. The summed E-state index contributed by atoms with van der Waals surface area (Å²) in [5, 5.41) is 0. The predicted molar refractivity (Wildman–Crippen MR) is 78.6 cm³/mol. The Morgan fingerprint density at radius 1 is 1.28 bits per heavy atom. The summed E-state index contributed by atoms with van der Waals surface area (Å²) in [6.45, 7) is 6.43. The van der Waals surface area contributed by atoms with Crippen molar-refractivity contribution in [2.45, 2.75) is 53.1 Å². The van der Waals surface area contributed by atoms with Crippen molar-refractivity contribution in [1.29, 1.82) is 0 Å². The molecule has 1 N–H and O–H groups in total. The zero-order valence-electron chi connectivity index (χ0n) is 11.7. The summed E-state index contributed by atoms with van der Waals surface area (Å²) in [4.78, 5) is 0. The van der Waals surface area contributed by atoms with Gasteiger partial charge in [0.25, 0.3) is 6.64 Å². The number of rotatable bonds is 8. The molecular formula is C10H24NO4PS2. The molecule has 0 saturated heterocycles. The van der Waals surface area contributed by atoms with Crippen LogP contribution in [0.3, 0.4) is 0 Å². The van der Waals surface area contributed by atoms with Gasteiger partial charge < -0.3 is 9.05 Å². The average molecular weight is 317 g/mol. The molecule has 0 heterocycles. The Morgan fingerprint density at radius 3 is 2.22 bits per heavy atom. The Labute approximate surface area is 116 Å². The molecule has 8 heteroatoms. The molecular weight excluding hydrogens is 293 g/mol. The maximum absolute atomic E-state index is 11.9. The van der Waals surface area contributed by atoms with Crippen molar-refractivity contribution in [2.75, 3.05) is 12.4 Å². The highest BCUT2D eigenvalue weighted by Gasteiger charge is 2.30. The molecule has 0 radical (unpaired) electrons. The number of sulfonamides is 1. The summed E-state index contributed by atoms with van der Waals surface area (Å²) >= 11 is 5.22. The van der Waals surface area contributed by atoms with Crippen LogP contribution in [0.1, 0.15) is 47.5 Å². The van der Waals surface area contributed by atoms with Gasteiger partial charge in [-0.25, -0.2) is 8.42 Å². The smallest absolute Gasteiger partial charge is 0.275 e. The Kier molecular flexibility index (Phi) is 7.51. The van der Waals surface area contributed by atoms with Crippen LogP contribution in [0.5, 0.6) is 0 Å². The van der Waals surface area contributed by atoms with Gasteiger partial charge in [-0.15, -0.1) is 4.49 Å². The van der Waals surface area contributed by atoms with Crippen LogP contribution < -0.4 is 4.49 Å². The molecule has 0 amide bonds. The first kappa shape index (κ1) is 18.5. The summed E-state index contributed by atoms with van der Waals surface area (Å²) in [5.74, 6) is 0.0441. The molecule has 0 aromatic carbocycles. The minimum atomic E-state index is -3.45. The molecule has 0 saturated carbocycles. The minimum absolute atomic E-state index is 0.0441. The number of nitrogens with one attached hydrogen (secondary N) is 1. The molecule has 110 valence electrons. The summed E-state index contributed by atoms with van der Waals surface area (Å²) in [6, 6.07) is 0. The second-order valence-corrected chi connectivity index (χ2v) is 10.1. The van der Waals surface area contributed by atoms with Crippen LogP contribution in [0.4, 0.5) is 0 Å². The summed E-state index contributed by atoms with van der Waals surface area (Å²) < 4.78 is 37.1. The van der Waals surface area contributed by atoms with Gasteiger partial charge in [0.15, 0.2) is 0 Å². The van der Waals surface area contributed by atoms with Crippen molar-refractivity contribution in [3.8, 4) is 0 Å². The van der Waals surface area contributed by atoms with Crippen molar-refractivity contribution in [3.05, 3.63) is 0 Å². The van der Waals surface area contributed by atoms with E-state index in [2.05, 4.69) is 4.49 Å². The topological polar surface area (TPSA) is 64.6 Å². The molecule has 1 atom stereocenters. The second kappa shape index (κ2) is 7.31. The normalized spacial score (nSPS) is 16.5. The van der Waals surface area contributed by atoms with Gasteiger partial charge in [-0.1, -0.05) is 13.3 Å². The van der Waals surface area contributed by atoms with Gasteiger partial charge in [-0.2, -0.15) is 0 Å². The van der Waals surface area contributed by atoms with E-state index in [0.717, 1.165) is 6.42 Å². The first-order valence-electron chi connectivity index (χ1n) is 6.00. The van der Waals surface area contributed by atoms with E-state index >= 15 is 0 Å². The fraction of sp³-hybridized carbons (Fsp3) is 1.00. The Bertz CT molecular complexity index is 389. The van der Waals surface area contributed by atoms with E-state index in [0.29, 0.717) is 13.0 Å². The molecule has 0 aliphatic carbocycles. The molecule has 0 rings (SSSR count). The standard InChI is InChI=1S/C10H24NO4PS2/c1-6-8-9-18(12,13)11-16(17,14-7-2)15-10(3,4)5/h6-9H2,1-5H3,(H,11,17). The van der Waals surface area contributed by atoms with Crippen LogP contribution in [-0.4, -0.2) is 26.4 Å². The fourth-order valence-corrected chi connectivity index (χ4v) is 7.03. The van der Waals surface area contributed by atoms with Gasteiger partial charge in [-0.05, 0) is 45.9 Å². The van der Waals surface area contributed by atoms with Crippen LogP contribution in [0.25, 0.3) is 0 Å². The number of hydrogen-bond acceptors (Lipinski definition) is 5. The van der Waals surface area contributed by atoms with Crippen LogP contribution in [0.2, 0.25) is 0 Å². The highest BCUT2D eigenvalue weighted by atomic mass is 32.5. The first-order valence-corrected chi connectivity index (χ1v) is 10.3. The van der Waals surface area contributed by atoms with Crippen molar-refractivity contribution >= 4 is 28.5 Å². The molecule has 0 spiro atoms. The minimum Gasteiger partial charge on any atom is -0.318 e. The average Bonchev–Trinajstić information content (AvgIpc) is 2.10. The van der Waals surface area contributed by atoms with Gasteiger partial charge in [0, 0.05) is 0 Å². The lowest BCUT2D eigenvalue weighted by molar-refractivity contribution is 0.117. The van der Waals surface area contributed by atoms with Gasteiger partial charge in [0.1, 0.15) is 0 Å². The lowest BCUT2D eigenvalue weighted by atomic mass is 10.2. The molecule has 0 fully saturated rings. The lowest BCUT2D eigenvalue weighted by Gasteiger charge is -2.29. The Hall–Kier alpha value is 0.480. The van der Waals surface area contributed by atoms with E-state index in [1.165, 1.54) is 0 Å². The SMILES string of the molecule is CCCCS(=O)(=O)NP(=S)(OCC)OC(C)(C)C. The molecule has 1 unspecified atom stereocenters. The predicted octanol–water partition coefficient (Wildman–Crippen LogP) is 2.78. The zero-order chi connectivity index (χ0) is 14.4. The maximum atomic E-state index is 11.9. The van der Waals surface area contributed by atoms with Gasteiger partial charge >= 0.3 is 0 Å². The lowest BCUT2D eigenvalue weighted by Crippen LogP contribution is -2.29. The largest absolute Gasteiger partial charge is 0.318 e. The van der Waals surface area contributed by atoms with E-state index in [1.807, 2.05) is 27.7 Å². The van der Waals surface area contributed by atoms with E-state index in [-0.39, 0.29) is 5.75 Å². The summed E-state index contributed by atoms with van der Waals surface area (Å²) in [7, 11) is -3.45. The highest BCUT2D eigenvalue weighted by molar-refractivity contribution is 8.14. The van der Waals surface area contributed by atoms with Crippen molar-refractivity contribution in [2.24, 2.45) is 0 Å². The first-order chi connectivity index (χ1) is 8.04. The van der Waals surface area contributed by atoms with Crippen LogP contribution in [-0.2, 0) is 30.9 Å². The third-order valence-corrected chi connectivity index (χ3v) is 7.14.